The predicted molar refractivity (Wildman–Crippen MR) is 82.1 cm³/mol. The number of nitrogens with zero attached hydrogens (tertiary/aromatic N) is 1. The van der Waals surface area contributed by atoms with Gasteiger partial charge >= 0.3 is 5.97 Å². The Balaban J connectivity index is 2.97. The van der Waals surface area contributed by atoms with Crippen molar-refractivity contribution < 1.29 is 14.7 Å². The zero-order chi connectivity index (χ0) is 15.3. The Bertz CT molecular complexity index is 477. The van der Waals surface area contributed by atoms with Crippen LogP contribution in [0, 0.1) is 0 Å². The minimum absolute atomic E-state index is 0.254. The highest BCUT2D eigenvalue weighted by Crippen LogP contribution is 2.18. The van der Waals surface area contributed by atoms with E-state index in [-0.39, 0.29) is 12.5 Å². The fraction of sp³-hybridized carbons (Fsp3) is 0.467. The highest BCUT2D eigenvalue weighted by atomic mass is 32.2. The predicted octanol–water partition coefficient (Wildman–Crippen LogP) is 2.87. The van der Waals surface area contributed by atoms with Gasteiger partial charge in [-0.1, -0.05) is 12.1 Å². The van der Waals surface area contributed by atoms with E-state index in [1.807, 2.05) is 39.2 Å². The summed E-state index contributed by atoms with van der Waals surface area (Å²) >= 11 is 1.71. The van der Waals surface area contributed by atoms with Crippen LogP contribution in [0.25, 0.3) is 0 Å². The van der Waals surface area contributed by atoms with Crippen LogP contribution in [0.1, 0.15) is 36.7 Å². The monoisotopic (exact) mass is 295 g/mol. The molecule has 20 heavy (non-hydrogen) atoms. The van der Waals surface area contributed by atoms with Gasteiger partial charge in [-0.15, -0.1) is 0 Å². The molecular weight excluding hydrogens is 274 g/mol. The first-order valence-electron chi connectivity index (χ1n) is 6.37. The van der Waals surface area contributed by atoms with E-state index in [1.54, 1.807) is 23.9 Å². The Morgan fingerprint density at radius 2 is 1.75 bits per heavy atom. The van der Waals surface area contributed by atoms with E-state index in [0.29, 0.717) is 5.56 Å². The second-order valence-corrected chi connectivity index (χ2v) is 6.45. The minimum Gasteiger partial charge on any atom is -0.480 e. The number of benzene rings is 1. The molecule has 1 N–H and O–H groups in total. The van der Waals surface area contributed by atoms with E-state index in [0.717, 1.165) is 11.3 Å². The SMILES string of the molecule is CSCc1ccc(C(=O)N(CC(=O)O)C(C)(C)C)cc1. The van der Waals surface area contributed by atoms with Crippen molar-refractivity contribution in [3.8, 4) is 0 Å². The third-order valence-corrected chi connectivity index (χ3v) is 3.48. The summed E-state index contributed by atoms with van der Waals surface area (Å²) in [6, 6.07) is 7.33. The van der Waals surface area contributed by atoms with E-state index in [1.165, 1.54) is 4.90 Å². The van der Waals surface area contributed by atoms with Gasteiger partial charge in [0.15, 0.2) is 0 Å². The van der Waals surface area contributed by atoms with E-state index < -0.39 is 11.5 Å². The molecule has 0 spiro atoms. The maximum Gasteiger partial charge on any atom is 0.323 e. The third kappa shape index (κ3) is 4.56. The Morgan fingerprint density at radius 1 is 1.20 bits per heavy atom. The standard InChI is InChI=1S/C15H21NO3S/c1-15(2,3)16(9-13(17)18)14(19)12-7-5-11(6-8-12)10-20-4/h5-8H,9-10H2,1-4H3,(H,17,18). The fourth-order valence-electron chi connectivity index (χ4n) is 1.81. The highest BCUT2D eigenvalue weighted by molar-refractivity contribution is 7.97. The topological polar surface area (TPSA) is 57.6 Å². The van der Waals surface area contributed by atoms with E-state index in [4.69, 9.17) is 5.11 Å². The molecule has 1 rings (SSSR count). The largest absolute Gasteiger partial charge is 0.480 e. The second-order valence-electron chi connectivity index (χ2n) is 5.59. The molecule has 1 amide bonds. The molecular formula is C15H21NO3S. The molecule has 0 aliphatic carbocycles. The number of amides is 1. The van der Waals surface area contributed by atoms with Crippen LogP contribution in [-0.4, -0.2) is 40.2 Å². The van der Waals surface area contributed by atoms with Crippen LogP contribution in [0.15, 0.2) is 24.3 Å². The lowest BCUT2D eigenvalue weighted by atomic mass is 10.0. The first-order valence-corrected chi connectivity index (χ1v) is 7.76. The molecule has 1 aromatic carbocycles. The molecule has 110 valence electrons. The number of carbonyl (C=O) groups excluding carboxylic acids is 1. The van der Waals surface area contributed by atoms with Gasteiger partial charge in [0.25, 0.3) is 5.91 Å². The number of rotatable bonds is 5. The summed E-state index contributed by atoms with van der Waals surface area (Å²) in [6.45, 7) is 5.19. The van der Waals surface area contributed by atoms with Gasteiger partial charge in [-0.3, -0.25) is 9.59 Å². The summed E-state index contributed by atoms with van der Waals surface area (Å²) in [6.07, 6.45) is 2.02. The van der Waals surface area contributed by atoms with E-state index >= 15 is 0 Å². The van der Waals surface area contributed by atoms with Crippen LogP contribution >= 0.6 is 11.8 Å². The molecule has 0 unspecified atom stereocenters. The lowest BCUT2D eigenvalue weighted by molar-refractivity contribution is -0.138. The summed E-state index contributed by atoms with van der Waals surface area (Å²) < 4.78 is 0. The van der Waals surface area contributed by atoms with Gasteiger partial charge in [-0.25, -0.2) is 0 Å². The van der Waals surface area contributed by atoms with Crippen LogP contribution in [0.4, 0.5) is 0 Å². The van der Waals surface area contributed by atoms with E-state index in [9.17, 15) is 9.59 Å². The van der Waals surface area contributed by atoms with Crippen LogP contribution < -0.4 is 0 Å². The molecule has 5 heteroatoms. The maximum absolute atomic E-state index is 12.5. The van der Waals surface area contributed by atoms with Crippen LogP contribution in [0.3, 0.4) is 0 Å². The summed E-state index contributed by atoms with van der Waals surface area (Å²) in [5.41, 5.74) is 1.13. The molecule has 4 nitrogen and oxygen atoms in total. The third-order valence-electron chi connectivity index (χ3n) is 2.86. The van der Waals surface area contributed by atoms with E-state index in [2.05, 4.69) is 0 Å². The zero-order valence-corrected chi connectivity index (χ0v) is 13.2. The number of hydrogen-bond donors (Lipinski definition) is 1. The van der Waals surface area contributed by atoms with Crippen molar-refractivity contribution in [1.29, 1.82) is 0 Å². The average molecular weight is 295 g/mol. The Labute approximate surface area is 124 Å². The first kappa shape index (κ1) is 16.6. The second kappa shape index (κ2) is 6.79. The quantitative estimate of drug-likeness (QED) is 0.907. The van der Waals surface area contributed by atoms with Crippen molar-refractivity contribution in [2.75, 3.05) is 12.8 Å². The number of aliphatic carboxylic acids is 1. The number of carboxylic acids is 1. The summed E-state index contributed by atoms with van der Waals surface area (Å²) in [5.74, 6) is -0.366. The van der Waals surface area contributed by atoms with Crippen molar-refractivity contribution in [2.45, 2.75) is 32.1 Å². The lowest BCUT2D eigenvalue weighted by Gasteiger charge is -2.34. The molecule has 0 aliphatic heterocycles. The minimum atomic E-state index is -1.01. The van der Waals surface area contributed by atoms with Gasteiger partial charge in [-0.2, -0.15) is 11.8 Å². The van der Waals surface area contributed by atoms with Crippen molar-refractivity contribution in [3.63, 3.8) is 0 Å². The van der Waals surface area contributed by atoms with Crippen molar-refractivity contribution >= 4 is 23.6 Å². The fourth-order valence-corrected chi connectivity index (χ4v) is 2.34. The molecule has 0 heterocycles. The smallest absolute Gasteiger partial charge is 0.323 e. The average Bonchev–Trinajstić information content (AvgIpc) is 2.35. The van der Waals surface area contributed by atoms with Gasteiger partial charge in [0.05, 0.1) is 0 Å². The van der Waals surface area contributed by atoms with Gasteiger partial charge in [-0.05, 0) is 44.7 Å². The normalized spacial score (nSPS) is 11.2. The van der Waals surface area contributed by atoms with Gasteiger partial charge in [0.1, 0.15) is 6.54 Å². The summed E-state index contributed by atoms with van der Waals surface area (Å²) in [5, 5.41) is 8.96. The molecule has 0 bridgehead atoms. The number of carbonyl (C=O) groups is 2. The number of hydrogen-bond acceptors (Lipinski definition) is 3. The molecule has 1 aromatic rings. The maximum atomic E-state index is 12.5. The molecule has 0 fully saturated rings. The molecule has 0 aromatic heterocycles. The lowest BCUT2D eigenvalue weighted by Crippen LogP contribution is -2.48. The van der Waals surface area contributed by atoms with Crippen LogP contribution in [-0.2, 0) is 10.5 Å². The van der Waals surface area contributed by atoms with Crippen molar-refractivity contribution in [3.05, 3.63) is 35.4 Å². The number of thioether (sulfide) groups is 1. The summed E-state index contributed by atoms with van der Waals surface area (Å²) in [4.78, 5) is 24.8. The van der Waals surface area contributed by atoms with Gasteiger partial charge < -0.3 is 10.0 Å². The molecule has 0 aliphatic rings. The first-order chi connectivity index (χ1) is 9.25. The van der Waals surface area contributed by atoms with Crippen molar-refractivity contribution in [2.24, 2.45) is 0 Å². The van der Waals surface area contributed by atoms with Crippen LogP contribution in [0.5, 0.6) is 0 Å². The van der Waals surface area contributed by atoms with Gasteiger partial charge in [0, 0.05) is 16.9 Å². The zero-order valence-electron chi connectivity index (χ0n) is 12.3. The molecule has 0 atom stereocenters. The van der Waals surface area contributed by atoms with Gasteiger partial charge in [0.2, 0.25) is 0 Å². The van der Waals surface area contributed by atoms with Crippen molar-refractivity contribution in [1.82, 2.24) is 4.90 Å². The molecule has 0 radical (unpaired) electrons. The highest BCUT2D eigenvalue weighted by Gasteiger charge is 2.29. The number of carboxylic acid groups (broad SMARTS) is 1. The Morgan fingerprint density at radius 3 is 2.15 bits per heavy atom. The summed E-state index contributed by atoms with van der Waals surface area (Å²) in [7, 11) is 0. The Hall–Kier alpha value is -1.49. The Kier molecular flexibility index (Phi) is 5.62. The molecule has 0 saturated heterocycles. The van der Waals surface area contributed by atoms with Crippen LogP contribution in [0.2, 0.25) is 0 Å². The molecule has 0 saturated carbocycles.